The zero-order valence-corrected chi connectivity index (χ0v) is 12.0. The fourth-order valence-electron chi connectivity index (χ4n) is 0.965. The van der Waals surface area contributed by atoms with Crippen molar-refractivity contribution in [2.75, 3.05) is 0 Å². The monoisotopic (exact) mass is 310 g/mol. The second kappa shape index (κ2) is 5.88. The molecule has 0 radical (unpaired) electrons. The number of halogens is 2. The lowest BCUT2D eigenvalue weighted by Gasteiger charge is -2.10. The number of carbonyl (C=O) groups excluding carboxylic acids is 1. The van der Waals surface area contributed by atoms with Gasteiger partial charge in [-0.2, -0.15) is 0 Å². The molecule has 0 heterocycles. The molecule has 1 rings (SSSR count). The predicted octanol–water partition coefficient (Wildman–Crippen LogP) is 1.96. The second-order valence-corrected chi connectivity index (χ2v) is 6.32. The van der Waals surface area contributed by atoms with Gasteiger partial charge in [0, 0.05) is 5.92 Å². The second-order valence-electron chi connectivity index (χ2n) is 3.83. The number of sulfonamides is 1. The molecule has 0 saturated heterocycles. The van der Waals surface area contributed by atoms with Crippen molar-refractivity contribution in [3.63, 3.8) is 0 Å². The zero-order valence-electron chi connectivity index (χ0n) is 9.70. The van der Waals surface area contributed by atoms with E-state index in [2.05, 4.69) is 5.43 Å². The molecule has 0 aliphatic carbocycles. The highest BCUT2D eigenvalue weighted by Crippen LogP contribution is 2.24. The largest absolute Gasteiger partial charge is 0.277 e. The maximum absolute atomic E-state index is 11.8. The molecule has 0 spiro atoms. The van der Waals surface area contributed by atoms with Gasteiger partial charge in [-0.05, 0) is 18.2 Å². The van der Waals surface area contributed by atoms with E-state index in [1.165, 1.54) is 18.2 Å². The van der Waals surface area contributed by atoms with Crippen LogP contribution in [0, 0.1) is 5.92 Å². The fraction of sp³-hybridized carbons (Fsp3) is 0.300. The van der Waals surface area contributed by atoms with Gasteiger partial charge in [0.2, 0.25) is 5.91 Å². The molecule has 0 aliphatic heterocycles. The predicted molar refractivity (Wildman–Crippen MR) is 69.8 cm³/mol. The smallest absolute Gasteiger partial charge is 0.257 e. The average Bonchev–Trinajstić information content (AvgIpc) is 2.29. The van der Waals surface area contributed by atoms with Crippen LogP contribution in [0.15, 0.2) is 23.1 Å². The van der Waals surface area contributed by atoms with E-state index in [0.29, 0.717) is 0 Å². The molecular weight excluding hydrogens is 299 g/mol. The Morgan fingerprint density at radius 1 is 1.22 bits per heavy atom. The third kappa shape index (κ3) is 3.84. The first-order chi connectivity index (χ1) is 8.24. The van der Waals surface area contributed by atoms with Crippen LogP contribution in [-0.4, -0.2) is 14.3 Å². The van der Waals surface area contributed by atoms with Crippen molar-refractivity contribution in [3.8, 4) is 0 Å². The molecule has 0 atom stereocenters. The Kier molecular flexibility index (Phi) is 4.98. The summed E-state index contributed by atoms with van der Waals surface area (Å²) in [6, 6.07) is 3.86. The fourth-order valence-corrected chi connectivity index (χ4v) is 2.20. The standard InChI is InChI=1S/C10H12Cl2N2O3S/c1-6(2)10(15)13-14-18(16,17)7-3-4-8(11)9(12)5-7/h3-6,14H,1-2H3,(H,13,15). The number of hydrazine groups is 1. The molecule has 8 heteroatoms. The van der Waals surface area contributed by atoms with Crippen molar-refractivity contribution < 1.29 is 13.2 Å². The van der Waals surface area contributed by atoms with Crippen molar-refractivity contribution in [1.82, 2.24) is 10.3 Å². The summed E-state index contributed by atoms with van der Waals surface area (Å²) < 4.78 is 23.6. The van der Waals surface area contributed by atoms with Gasteiger partial charge in [-0.3, -0.25) is 10.2 Å². The minimum Gasteiger partial charge on any atom is -0.277 e. The Morgan fingerprint density at radius 2 is 1.83 bits per heavy atom. The van der Waals surface area contributed by atoms with Gasteiger partial charge in [-0.25, -0.2) is 8.42 Å². The van der Waals surface area contributed by atoms with Gasteiger partial charge in [-0.1, -0.05) is 37.0 Å². The summed E-state index contributed by atoms with van der Waals surface area (Å²) in [6.45, 7) is 3.28. The minimum absolute atomic E-state index is 0.0824. The Labute approximate surface area is 115 Å². The van der Waals surface area contributed by atoms with Crippen molar-refractivity contribution in [2.24, 2.45) is 5.92 Å². The maximum atomic E-state index is 11.8. The van der Waals surface area contributed by atoms with Crippen molar-refractivity contribution in [2.45, 2.75) is 18.7 Å². The molecule has 0 fully saturated rings. The number of hydrogen-bond donors (Lipinski definition) is 2. The van der Waals surface area contributed by atoms with Gasteiger partial charge < -0.3 is 0 Å². The van der Waals surface area contributed by atoms with Gasteiger partial charge in [0.25, 0.3) is 10.0 Å². The van der Waals surface area contributed by atoms with Gasteiger partial charge >= 0.3 is 0 Å². The van der Waals surface area contributed by atoms with Crippen LogP contribution in [0.25, 0.3) is 0 Å². The normalized spacial score (nSPS) is 11.6. The summed E-state index contributed by atoms with van der Waals surface area (Å²) >= 11 is 11.4. The lowest BCUT2D eigenvalue weighted by Crippen LogP contribution is -2.43. The molecule has 0 aliphatic rings. The minimum atomic E-state index is -3.85. The third-order valence-corrected chi connectivity index (χ3v) is 4.02. The van der Waals surface area contributed by atoms with E-state index >= 15 is 0 Å². The van der Waals surface area contributed by atoms with Crippen molar-refractivity contribution in [1.29, 1.82) is 0 Å². The highest BCUT2D eigenvalue weighted by Gasteiger charge is 2.17. The number of benzene rings is 1. The van der Waals surface area contributed by atoms with Crippen LogP contribution in [0.1, 0.15) is 13.8 Å². The van der Waals surface area contributed by atoms with E-state index in [9.17, 15) is 13.2 Å². The molecule has 0 saturated carbocycles. The molecule has 1 aromatic carbocycles. The van der Waals surface area contributed by atoms with Gasteiger partial charge in [-0.15, -0.1) is 4.83 Å². The number of nitrogens with one attached hydrogen (secondary N) is 2. The Hall–Kier alpha value is -0.820. The molecule has 1 amide bonds. The number of hydrogen-bond acceptors (Lipinski definition) is 3. The summed E-state index contributed by atoms with van der Waals surface area (Å²) in [7, 11) is -3.85. The summed E-state index contributed by atoms with van der Waals surface area (Å²) in [5.41, 5.74) is 2.10. The van der Waals surface area contributed by atoms with Crippen molar-refractivity contribution >= 4 is 39.1 Å². The van der Waals surface area contributed by atoms with E-state index in [1.807, 2.05) is 4.83 Å². The Morgan fingerprint density at radius 3 is 2.33 bits per heavy atom. The lowest BCUT2D eigenvalue weighted by molar-refractivity contribution is -0.124. The molecule has 0 aromatic heterocycles. The highest BCUT2D eigenvalue weighted by molar-refractivity contribution is 7.89. The third-order valence-electron chi connectivity index (χ3n) is 2.03. The van der Waals surface area contributed by atoms with Crippen molar-refractivity contribution in [3.05, 3.63) is 28.2 Å². The van der Waals surface area contributed by atoms with Crippen LogP contribution in [0.5, 0.6) is 0 Å². The number of amides is 1. The van der Waals surface area contributed by atoms with Crippen LogP contribution in [-0.2, 0) is 14.8 Å². The molecule has 2 N–H and O–H groups in total. The summed E-state index contributed by atoms with van der Waals surface area (Å²) in [4.78, 5) is 13.1. The topological polar surface area (TPSA) is 75.3 Å². The van der Waals surface area contributed by atoms with Crippen LogP contribution in [0.2, 0.25) is 10.0 Å². The maximum Gasteiger partial charge on any atom is 0.257 e. The Bertz CT molecular complexity index is 558. The van der Waals surface area contributed by atoms with Crippen LogP contribution < -0.4 is 10.3 Å². The quantitative estimate of drug-likeness (QED) is 0.835. The van der Waals surface area contributed by atoms with Crippen LogP contribution in [0.4, 0.5) is 0 Å². The first-order valence-corrected chi connectivity index (χ1v) is 7.24. The Balaban J connectivity index is 2.87. The van der Waals surface area contributed by atoms with Gasteiger partial charge in [0.15, 0.2) is 0 Å². The van der Waals surface area contributed by atoms with Crippen LogP contribution >= 0.6 is 23.2 Å². The molecule has 18 heavy (non-hydrogen) atoms. The molecule has 1 aromatic rings. The molecule has 0 unspecified atom stereocenters. The number of carbonyl (C=O) groups is 1. The van der Waals surface area contributed by atoms with E-state index in [1.54, 1.807) is 13.8 Å². The average molecular weight is 311 g/mol. The van der Waals surface area contributed by atoms with Gasteiger partial charge in [0.1, 0.15) is 0 Å². The lowest BCUT2D eigenvalue weighted by atomic mass is 10.2. The summed E-state index contributed by atoms with van der Waals surface area (Å²) in [5, 5.41) is 0.372. The van der Waals surface area contributed by atoms with E-state index in [-0.39, 0.29) is 20.9 Å². The number of rotatable bonds is 4. The van der Waals surface area contributed by atoms with E-state index in [4.69, 9.17) is 23.2 Å². The molecule has 0 bridgehead atoms. The molecular formula is C10H12Cl2N2O3S. The first kappa shape index (κ1) is 15.2. The molecule has 5 nitrogen and oxygen atoms in total. The SMILES string of the molecule is CC(C)C(=O)NNS(=O)(=O)c1ccc(Cl)c(Cl)c1. The van der Waals surface area contributed by atoms with E-state index < -0.39 is 15.9 Å². The summed E-state index contributed by atoms with van der Waals surface area (Å²) in [6.07, 6.45) is 0. The molecule has 100 valence electrons. The summed E-state index contributed by atoms with van der Waals surface area (Å²) in [5.74, 6) is -0.764. The van der Waals surface area contributed by atoms with E-state index in [0.717, 1.165) is 0 Å². The zero-order chi connectivity index (χ0) is 13.9. The van der Waals surface area contributed by atoms with Crippen LogP contribution in [0.3, 0.4) is 0 Å². The first-order valence-electron chi connectivity index (χ1n) is 5.01. The highest BCUT2D eigenvalue weighted by atomic mass is 35.5. The van der Waals surface area contributed by atoms with Gasteiger partial charge in [0.05, 0.1) is 14.9 Å².